The van der Waals surface area contributed by atoms with Gasteiger partial charge in [0.1, 0.15) is 23.7 Å². The molecule has 0 amide bonds. The van der Waals surface area contributed by atoms with Gasteiger partial charge in [0.05, 0.1) is 30.5 Å². The third kappa shape index (κ3) is 10.1. The number of carbonyl (C=O) groups is 1. The lowest BCUT2D eigenvalue weighted by Gasteiger charge is -2.26. The molecule has 0 aliphatic carbocycles. The first-order chi connectivity index (χ1) is 18.5. The summed E-state index contributed by atoms with van der Waals surface area (Å²) in [6.07, 6.45) is 7.17. The molecule has 0 unspecified atom stereocenters. The van der Waals surface area contributed by atoms with Crippen molar-refractivity contribution in [3.05, 3.63) is 51.6 Å². The molecule has 2 aromatic rings. The predicted molar refractivity (Wildman–Crippen MR) is 156 cm³/mol. The van der Waals surface area contributed by atoms with E-state index in [0.29, 0.717) is 24.5 Å². The first kappa shape index (κ1) is 31.3. The highest BCUT2D eigenvalue weighted by Crippen LogP contribution is 2.22. The Morgan fingerprint density at radius 2 is 1.95 bits per heavy atom. The lowest BCUT2D eigenvalue weighted by atomic mass is 10.1. The number of aldehydes is 1. The van der Waals surface area contributed by atoms with Crippen LogP contribution in [0.25, 0.3) is 11.9 Å². The number of hydrogen-bond donors (Lipinski definition) is 2. The molecule has 0 aromatic heterocycles. The zero-order valence-corrected chi connectivity index (χ0v) is 23.6. The second kappa shape index (κ2) is 17.5. The Bertz CT molecular complexity index is 1170. The summed E-state index contributed by atoms with van der Waals surface area (Å²) in [5.41, 5.74) is 1.53. The third-order valence-corrected chi connectivity index (χ3v) is 5.98. The van der Waals surface area contributed by atoms with Crippen LogP contribution < -0.4 is 25.8 Å². The van der Waals surface area contributed by atoms with Gasteiger partial charge in [-0.2, -0.15) is 0 Å². The van der Waals surface area contributed by atoms with E-state index in [-0.39, 0.29) is 5.02 Å². The van der Waals surface area contributed by atoms with Crippen molar-refractivity contribution in [3.8, 4) is 5.75 Å². The number of nitrogens with one attached hydrogen (secondary N) is 2. The van der Waals surface area contributed by atoms with E-state index in [9.17, 15) is 9.18 Å². The first-order valence-corrected chi connectivity index (χ1v) is 13.5. The SMILES string of the molecule is CCC=O.C\C=N/C(Nc1ccc(F)c(Cl)c1)=c1/cc(NC)c(OCCCN2CCOCC2)c/c1=C\CC. The Labute approximate surface area is 230 Å². The van der Waals surface area contributed by atoms with Gasteiger partial charge in [0.2, 0.25) is 0 Å². The number of nitrogens with zero attached hydrogens (tertiary/aromatic N) is 2. The molecule has 7 nitrogen and oxygen atoms in total. The summed E-state index contributed by atoms with van der Waals surface area (Å²) < 4.78 is 25.2. The molecular weight excluding hydrogens is 507 g/mol. The van der Waals surface area contributed by atoms with E-state index in [1.165, 1.54) is 6.07 Å². The summed E-state index contributed by atoms with van der Waals surface area (Å²) in [5, 5.41) is 8.50. The second-order valence-corrected chi connectivity index (χ2v) is 8.93. The van der Waals surface area contributed by atoms with Crippen LogP contribution in [-0.2, 0) is 9.53 Å². The molecule has 0 spiro atoms. The number of halogens is 2. The molecule has 2 N–H and O–H groups in total. The Morgan fingerprint density at radius 3 is 2.55 bits per heavy atom. The van der Waals surface area contributed by atoms with Gasteiger partial charge in [-0.3, -0.25) is 4.90 Å². The van der Waals surface area contributed by atoms with Gasteiger partial charge in [-0.15, -0.1) is 0 Å². The number of carbonyl (C=O) groups excluding carboxylic acids is 1. The number of hydrogen-bond acceptors (Lipinski definition) is 7. The highest BCUT2D eigenvalue weighted by molar-refractivity contribution is 6.31. The quantitative estimate of drug-likeness (QED) is 0.242. The standard InChI is InChI=1S/C26H34ClFN4O2.C3H6O/c1-4-7-19-16-25(34-13-6-10-32-11-14-33-15-12-32)24(29-3)18-21(19)26(30-5-2)31-20-8-9-23(28)22(27)17-20;1-2-3-4/h5,7-9,16-18,29,31H,4,6,10-15H2,1-3H3;3H,2H2,1H3/b19-7+,26-21+,30-5-;. The van der Waals surface area contributed by atoms with Crippen LogP contribution in [0, 0.1) is 5.82 Å². The van der Waals surface area contributed by atoms with Gasteiger partial charge in [-0.05, 0) is 55.3 Å². The normalized spacial score (nSPS) is 15.1. The van der Waals surface area contributed by atoms with Crippen molar-refractivity contribution in [2.24, 2.45) is 4.99 Å². The minimum Gasteiger partial charge on any atom is -0.491 e. The molecule has 208 valence electrons. The molecule has 1 aliphatic rings. The third-order valence-electron chi connectivity index (χ3n) is 5.69. The van der Waals surface area contributed by atoms with Crippen LogP contribution in [0.5, 0.6) is 5.75 Å². The second-order valence-electron chi connectivity index (χ2n) is 8.52. The summed E-state index contributed by atoms with van der Waals surface area (Å²) in [6, 6.07) is 8.60. The maximum atomic E-state index is 13.6. The van der Waals surface area contributed by atoms with Crippen molar-refractivity contribution < 1.29 is 18.7 Å². The number of morpholine rings is 1. The molecule has 1 fully saturated rings. The van der Waals surface area contributed by atoms with Gasteiger partial charge < -0.3 is 24.9 Å². The Kier molecular flexibility index (Phi) is 14.4. The van der Waals surface area contributed by atoms with Gasteiger partial charge in [0.15, 0.2) is 0 Å². The molecule has 1 saturated heterocycles. The molecular formula is C29H40ClFN4O3. The number of anilines is 2. The van der Waals surface area contributed by atoms with Crippen molar-refractivity contribution in [1.82, 2.24) is 4.90 Å². The highest BCUT2D eigenvalue weighted by atomic mass is 35.5. The fourth-order valence-corrected chi connectivity index (χ4v) is 3.99. The van der Waals surface area contributed by atoms with Gasteiger partial charge in [0.25, 0.3) is 0 Å². The van der Waals surface area contributed by atoms with E-state index < -0.39 is 5.82 Å². The van der Waals surface area contributed by atoms with Gasteiger partial charge >= 0.3 is 0 Å². The molecule has 2 aromatic carbocycles. The molecule has 9 heteroatoms. The zero-order valence-electron chi connectivity index (χ0n) is 22.9. The number of benzene rings is 2. The van der Waals surface area contributed by atoms with E-state index in [1.807, 2.05) is 33.0 Å². The van der Waals surface area contributed by atoms with Gasteiger partial charge in [0, 0.05) is 50.2 Å². The van der Waals surface area contributed by atoms with E-state index >= 15 is 0 Å². The average molecular weight is 547 g/mol. The predicted octanol–water partition coefficient (Wildman–Crippen LogP) is 4.68. The van der Waals surface area contributed by atoms with Crippen LogP contribution in [0.3, 0.4) is 0 Å². The maximum absolute atomic E-state index is 13.6. The van der Waals surface area contributed by atoms with Crippen LogP contribution in [0.2, 0.25) is 5.02 Å². The summed E-state index contributed by atoms with van der Waals surface area (Å²) in [5.74, 6) is 0.984. The minimum absolute atomic E-state index is 0.0573. The van der Waals surface area contributed by atoms with Crippen molar-refractivity contribution in [1.29, 1.82) is 0 Å². The fourth-order valence-electron chi connectivity index (χ4n) is 3.81. The van der Waals surface area contributed by atoms with E-state index in [4.69, 9.17) is 21.1 Å². The highest BCUT2D eigenvalue weighted by Gasteiger charge is 2.11. The van der Waals surface area contributed by atoms with E-state index in [0.717, 1.165) is 73.9 Å². The largest absolute Gasteiger partial charge is 0.491 e. The Hall–Kier alpha value is -2.94. The first-order valence-electron chi connectivity index (χ1n) is 13.1. The van der Waals surface area contributed by atoms with Crippen molar-refractivity contribution in [3.63, 3.8) is 0 Å². The van der Waals surface area contributed by atoms with Crippen LogP contribution >= 0.6 is 11.6 Å². The van der Waals surface area contributed by atoms with Crippen LogP contribution in [0.15, 0.2) is 35.3 Å². The van der Waals surface area contributed by atoms with Crippen molar-refractivity contribution in [2.75, 3.05) is 57.1 Å². The minimum atomic E-state index is -0.458. The van der Waals surface area contributed by atoms with Crippen LogP contribution in [0.4, 0.5) is 15.8 Å². The lowest BCUT2D eigenvalue weighted by Crippen LogP contribution is -2.37. The molecule has 0 saturated carbocycles. The van der Waals surface area contributed by atoms with Gasteiger partial charge in [-0.25, -0.2) is 9.38 Å². The molecule has 0 atom stereocenters. The summed E-state index contributed by atoms with van der Waals surface area (Å²) in [4.78, 5) is 16.1. The summed E-state index contributed by atoms with van der Waals surface area (Å²) >= 11 is 5.98. The smallest absolute Gasteiger partial charge is 0.142 e. The average Bonchev–Trinajstić information content (AvgIpc) is 2.94. The molecule has 38 heavy (non-hydrogen) atoms. The Balaban J connectivity index is 0.00000118. The lowest BCUT2D eigenvalue weighted by molar-refractivity contribution is -0.107. The number of aliphatic imine (C=N–C) groups is 1. The van der Waals surface area contributed by atoms with Crippen LogP contribution in [-0.4, -0.2) is 63.9 Å². The van der Waals surface area contributed by atoms with Crippen molar-refractivity contribution in [2.45, 2.75) is 40.0 Å². The molecule has 3 rings (SSSR count). The monoisotopic (exact) mass is 546 g/mol. The number of ether oxygens (including phenoxy) is 2. The zero-order chi connectivity index (χ0) is 27.8. The van der Waals surface area contributed by atoms with Crippen LogP contribution in [0.1, 0.15) is 40.0 Å². The molecule has 1 heterocycles. The summed E-state index contributed by atoms with van der Waals surface area (Å²) in [7, 11) is 1.87. The maximum Gasteiger partial charge on any atom is 0.142 e. The topological polar surface area (TPSA) is 75.2 Å². The molecule has 1 aliphatic heterocycles. The molecule has 0 bridgehead atoms. The fraction of sp³-hybridized carbons (Fsp3) is 0.448. The summed E-state index contributed by atoms with van der Waals surface area (Å²) in [6.45, 7) is 11.0. The molecule has 0 radical (unpaired) electrons. The van der Waals surface area contributed by atoms with Crippen molar-refractivity contribution >= 4 is 47.4 Å². The van der Waals surface area contributed by atoms with E-state index in [1.54, 1.807) is 18.3 Å². The number of rotatable bonds is 11. The van der Waals surface area contributed by atoms with E-state index in [2.05, 4.69) is 33.5 Å². The van der Waals surface area contributed by atoms with Gasteiger partial charge in [-0.1, -0.05) is 31.5 Å². The Morgan fingerprint density at radius 1 is 1.21 bits per heavy atom.